The molecule has 0 aliphatic carbocycles. The van der Waals surface area contributed by atoms with Crippen LogP contribution in [0.15, 0.2) is 67.0 Å². The summed E-state index contributed by atoms with van der Waals surface area (Å²) in [6.07, 6.45) is 3.45. The van der Waals surface area contributed by atoms with Gasteiger partial charge in [-0.15, -0.1) is 0 Å². The molecule has 110 valence electrons. The van der Waals surface area contributed by atoms with Gasteiger partial charge < -0.3 is 5.32 Å². The van der Waals surface area contributed by atoms with Crippen molar-refractivity contribution in [1.82, 2.24) is 9.97 Å². The SMILES string of the molecule is Clc1cccc(C(Nc2ncccc2Cl)c2ccccn2)c1. The van der Waals surface area contributed by atoms with Crippen molar-refractivity contribution in [2.45, 2.75) is 6.04 Å². The molecule has 0 bridgehead atoms. The number of hydrogen-bond donors (Lipinski definition) is 1. The van der Waals surface area contributed by atoms with Gasteiger partial charge in [-0.2, -0.15) is 0 Å². The van der Waals surface area contributed by atoms with E-state index >= 15 is 0 Å². The summed E-state index contributed by atoms with van der Waals surface area (Å²) in [5.41, 5.74) is 1.86. The zero-order valence-electron chi connectivity index (χ0n) is 11.6. The summed E-state index contributed by atoms with van der Waals surface area (Å²) < 4.78 is 0. The van der Waals surface area contributed by atoms with Gasteiger partial charge in [0.1, 0.15) is 5.82 Å². The number of halogens is 2. The first kappa shape index (κ1) is 14.8. The Morgan fingerprint density at radius 1 is 0.864 bits per heavy atom. The van der Waals surface area contributed by atoms with Gasteiger partial charge in [-0.1, -0.05) is 41.4 Å². The molecule has 2 heterocycles. The zero-order valence-corrected chi connectivity index (χ0v) is 13.1. The minimum atomic E-state index is -0.188. The van der Waals surface area contributed by atoms with Crippen molar-refractivity contribution in [2.75, 3.05) is 5.32 Å². The van der Waals surface area contributed by atoms with E-state index in [1.165, 1.54) is 0 Å². The van der Waals surface area contributed by atoms with E-state index < -0.39 is 0 Å². The van der Waals surface area contributed by atoms with Crippen molar-refractivity contribution in [1.29, 1.82) is 0 Å². The van der Waals surface area contributed by atoms with E-state index in [1.807, 2.05) is 42.5 Å². The van der Waals surface area contributed by atoms with Gasteiger partial charge in [0, 0.05) is 17.4 Å². The van der Waals surface area contributed by atoms with Crippen molar-refractivity contribution >= 4 is 29.0 Å². The van der Waals surface area contributed by atoms with Crippen LogP contribution in [0.1, 0.15) is 17.3 Å². The van der Waals surface area contributed by atoms with E-state index in [0.717, 1.165) is 11.3 Å². The molecule has 0 radical (unpaired) electrons. The molecule has 0 amide bonds. The highest BCUT2D eigenvalue weighted by atomic mass is 35.5. The topological polar surface area (TPSA) is 37.8 Å². The van der Waals surface area contributed by atoms with Gasteiger partial charge in [0.15, 0.2) is 0 Å². The smallest absolute Gasteiger partial charge is 0.145 e. The standard InChI is InChI=1S/C17H13Cl2N3/c18-13-6-3-5-12(11-13)16(15-8-1-2-9-20-15)22-17-14(19)7-4-10-21-17/h1-11,16H,(H,21,22). The lowest BCUT2D eigenvalue weighted by atomic mass is 10.0. The van der Waals surface area contributed by atoms with E-state index in [-0.39, 0.29) is 6.04 Å². The Morgan fingerprint density at radius 2 is 1.73 bits per heavy atom. The second-order valence-electron chi connectivity index (χ2n) is 4.72. The molecular weight excluding hydrogens is 317 g/mol. The number of anilines is 1. The fraction of sp³-hybridized carbons (Fsp3) is 0.0588. The quantitative estimate of drug-likeness (QED) is 0.733. The molecule has 3 aromatic rings. The van der Waals surface area contributed by atoms with Gasteiger partial charge in [-0.3, -0.25) is 4.98 Å². The van der Waals surface area contributed by atoms with E-state index in [9.17, 15) is 0 Å². The van der Waals surface area contributed by atoms with Crippen molar-refractivity contribution in [3.8, 4) is 0 Å². The average molecular weight is 330 g/mol. The van der Waals surface area contributed by atoms with Crippen LogP contribution in [-0.2, 0) is 0 Å². The van der Waals surface area contributed by atoms with Crippen LogP contribution in [0.2, 0.25) is 10.0 Å². The fourth-order valence-corrected chi connectivity index (χ4v) is 2.56. The third kappa shape index (κ3) is 3.38. The van der Waals surface area contributed by atoms with Crippen LogP contribution < -0.4 is 5.32 Å². The molecule has 0 saturated heterocycles. The molecule has 5 heteroatoms. The first-order valence-corrected chi connectivity index (χ1v) is 7.53. The van der Waals surface area contributed by atoms with Crippen LogP contribution >= 0.6 is 23.2 Å². The Bertz CT molecular complexity index is 763. The third-order valence-corrected chi connectivity index (χ3v) is 3.75. The molecule has 3 rings (SSSR count). The number of rotatable bonds is 4. The Kier molecular flexibility index (Phi) is 4.56. The van der Waals surface area contributed by atoms with E-state index in [0.29, 0.717) is 15.9 Å². The Labute approximate surface area is 139 Å². The normalized spacial score (nSPS) is 11.9. The van der Waals surface area contributed by atoms with Crippen LogP contribution in [-0.4, -0.2) is 9.97 Å². The van der Waals surface area contributed by atoms with Gasteiger partial charge in [0.25, 0.3) is 0 Å². The zero-order chi connectivity index (χ0) is 15.4. The van der Waals surface area contributed by atoms with Crippen molar-refractivity contribution in [3.63, 3.8) is 0 Å². The van der Waals surface area contributed by atoms with Gasteiger partial charge >= 0.3 is 0 Å². The summed E-state index contributed by atoms with van der Waals surface area (Å²) in [5, 5.41) is 4.58. The molecule has 0 aliphatic rings. The molecular formula is C17H13Cl2N3. The van der Waals surface area contributed by atoms with E-state index in [4.69, 9.17) is 23.2 Å². The van der Waals surface area contributed by atoms with Crippen LogP contribution in [0.25, 0.3) is 0 Å². The maximum Gasteiger partial charge on any atom is 0.145 e. The molecule has 0 saturated carbocycles. The Balaban J connectivity index is 2.02. The summed E-state index contributed by atoms with van der Waals surface area (Å²) in [4.78, 5) is 8.72. The van der Waals surface area contributed by atoms with Crippen molar-refractivity contribution in [3.05, 3.63) is 88.3 Å². The number of nitrogens with zero attached hydrogens (tertiary/aromatic N) is 2. The molecule has 1 unspecified atom stereocenters. The Hall–Kier alpha value is -2.10. The number of aromatic nitrogens is 2. The summed E-state index contributed by atoms with van der Waals surface area (Å²) in [6, 6.07) is 16.8. The first-order chi connectivity index (χ1) is 10.7. The molecule has 3 nitrogen and oxygen atoms in total. The van der Waals surface area contributed by atoms with Gasteiger partial charge in [0.05, 0.1) is 16.8 Å². The lowest BCUT2D eigenvalue weighted by Gasteiger charge is -2.20. The van der Waals surface area contributed by atoms with Crippen LogP contribution in [0.5, 0.6) is 0 Å². The average Bonchev–Trinajstić information content (AvgIpc) is 2.55. The van der Waals surface area contributed by atoms with Crippen molar-refractivity contribution < 1.29 is 0 Å². The fourth-order valence-electron chi connectivity index (χ4n) is 2.19. The van der Waals surface area contributed by atoms with E-state index in [2.05, 4.69) is 15.3 Å². The molecule has 0 spiro atoms. The van der Waals surface area contributed by atoms with Gasteiger partial charge in [-0.05, 0) is 42.0 Å². The van der Waals surface area contributed by atoms with Crippen LogP contribution in [0, 0.1) is 0 Å². The van der Waals surface area contributed by atoms with Gasteiger partial charge in [0.2, 0.25) is 0 Å². The Morgan fingerprint density at radius 3 is 2.45 bits per heavy atom. The highest BCUT2D eigenvalue weighted by molar-refractivity contribution is 6.32. The monoisotopic (exact) mass is 329 g/mol. The summed E-state index contributed by atoms with van der Waals surface area (Å²) in [6.45, 7) is 0. The van der Waals surface area contributed by atoms with Crippen LogP contribution in [0.3, 0.4) is 0 Å². The minimum absolute atomic E-state index is 0.188. The molecule has 1 N–H and O–H groups in total. The maximum atomic E-state index is 6.20. The second kappa shape index (κ2) is 6.77. The summed E-state index contributed by atoms with van der Waals surface area (Å²) >= 11 is 12.3. The molecule has 22 heavy (non-hydrogen) atoms. The first-order valence-electron chi connectivity index (χ1n) is 6.77. The van der Waals surface area contributed by atoms with Crippen molar-refractivity contribution in [2.24, 2.45) is 0 Å². The van der Waals surface area contributed by atoms with Gasteiger partial charge in [-0.25, -0.2) is 4.98 Å². The number of nitrogens with one attached hydrogen (secondary N) is 1. The third-order valence-electron chi connectivity index (χ3n) is 3.21. The largest absolute Gasteiger partial charge is 0.356 e. The summed E-state index contributed by atoms with van der Waals surface area (Å²) in [5.74, 6) is 0.611. The number of pyridine rings is 2. The minimum Gasteiger partial charge on any atom is -0.356 e. The number of hydrogen-bond acceptors (Lipinski definition) is 3. The van der Waals surface area contributed by atoms with Crippen LogP contribution in [0.4, 0.5) is 5.82 Å². The highest BCUT2D eigenvalue weighted by Crippen LogP contribution is 2.29. The molecule has 0 aliphatic heterocycles. The highest BCUT2D eigenvalue weighted by Gasteiger charge is 2.17. The predicted molar refractivity (Wildman–Crippen MR) is 90.4 cm³/mol. The molecule has 1 aromatic carbocycles. The lowest BCUT2D eigenvalue weighted by Crippen LogP contribution is -2.14. The van der Waals surface area contributed by atoms with E-state index in [1.54, 1.807) is 24.5 Å². The summed E-state index contributed by atoms with van der Waals surface area (Å²) in [7, 11) is 0. The molecule has 2 aromatic heterocycles. The molecule has 1 atom stereocenters. The molecule has 0 fully saturated rings. The second-order valence-corrected chi connectivity index (χ2v) is 5.56. The predicted octanol–water partition coefficient (Wildman–Crippen LogP) is 4.98. The number of benzene rings is 1. The lowest BCUT2D eigenvalue weighted by molar-refractivity contribution is 0.878. The maximum absolute atomic E-state index is 6.20.